The Morgan fingerprint density at radius 2 is 1.00 bits per heavy atom. The van der Waals surface area contributed by atoms with Crippen LogP contribution in [0.3, 0.4) is 0 Å². The quantitative estimate of drug-likeness (QED) is 0.0325. The molecule has 0 amide bonds. The van der Waals surface area contributed by atoms with Gasteiger partial charge < -0.3 is 19.3 Å². The highest BCUT2D eigenvalue weighted by molar-refractivity contribution is 7.46. The molecule has 0 aromatic carbocycles. The van der Waals surface area contributed by atoms with E-state index in [9.17, 15) is 14.2 Å². The van der Waals surface area contributed by atoms with Gasteiger partial charge in [0.05, 0.1) is 6.61 Å². The summed E-state index contributed by atoms with van der Waals surface area (Å²) in [5, 5.41) is 0. The van der Waals surface area contributed by atoms with E-state index < -0.39 is 32.5 Å². The van der Waals surface area contributed by atoms with E-state index in [-0.39, 0.29) is 19.4 Å². The van der Waals surface area contributed by atoms with Crippen LogP contribution in [-0.2, 0) is 28.2 Å². The van der Waals surface area contributed by atoms with Crippen LogP contribution in [0.1, 0.15) is 174 Å². The Hall–Kier alpha value is -1.21. The molecule has 0 bridgehead atoms. The summed E-state index contributed by atoms with van der Waals surface area (Å²) in [7, 11) is -4.72. The Bertz CT molecular complexity index is 721. The fraction of sp³-hybridized carbons (Fsp3) is 0.882. The van der Waals surface area contributed by atoms with Crippen molar-refractivity contribution < 1.29 is 37.9 Å². The van der Waals surface area contributed by atoms with Crippen molar-refractivity contribution in [2.75, 3.05) is 13.2 Å². The molecule has 8 nitrogen and oxygen atoms in total. The monoisotopic (exact) mass is 632 g/mol. The van der Waals surface area contributed by atoms with Crippen molar-refractivity contribution >= 4 is 19.8 Å². The Kier molecular flexibility index (Phi) is 29.9. The molecule has 2 N–H and O–H groups in total. The number of carbonyl (C=O) groups excluding carboxylic acids is 2. The van der Waals surface area contributed by atoms with Gasteiger partial charge in [-0.3, -0.25) is 14.1 Å². The summed E-state index contributed by atoms with van der Waals surface area (Å²) in [6.07, 6.45) is 32.1. The molecule has 0 spiro atoms. The van der Waals surface area contributed by atoms with E-state index >= 15 is 0 Å². The summed E-state index contributed by atoms with van der Waals surface area (Å²) >= 11 is 0. The second-order valence-corrected chi connectivity index (χ2v) is 13.1. The SMILES string of the molecule is CCCCCCCCCC/C=C\CCCCCCCCCCCCCC(=O)OC(COC(=O)CCCC)COP(=O)(O)O. The van der Waals surface area contributed by atoms with Gasteiger partial charge in [-0.15, -0.1) is 0 Å². The third-order valence-electron chi connectivity index (χ3n) is 7.53. The number of phosphoric ester groups is 1. The first kappa shape index (κ1) is 41.8. The molecule has 0 saturated carbocycles. The predicted molar refractivity (Wildman–Crippen MR) is 175 cm³/mol. The number of hydrogen-bond acceptors (Lipinski definition) is 6. The molecule has 9 heteroatoms. The maximum atomic E-state index is 12.2. The van der Waals surface area contributed by atoms with Gasteiger partial charge in [0.25, 0.3) is 0 Å². The smallest absolute Gasteiger partial charge is 0.462 e. The molecule has 0 rings (SSSR count). The highest BCUT2D eigenvalue weighted by Gasteiger charge is 2.22. The number of unbranched alkanes of at least 4 members (excludes halogenated alkanes) is 20. The van der Waals surface area contributed by atoms with Crippen LogP contribution in [0.2, 0.25) is 0 Å². The van der Waals surface area contributed by atoms with Gasteiger partial charge in [-0.25, -0.2) is 4.57 Å². The molecule has 0 fully saturated rings. The minimum absolute atomic E-state index is 0.213. The lowest BCUT2D eigenvalue weighted by Crippen LogP contribution is -2.29. The van der Waals surface area contributed by atoms with Crippen LogP contribution in [0, 0.1) is 0 Å². The van der Waals surface area contributed by atoms with Crippen LogP contribution in [0.4, 0.5) is 0 Å². The number of carbonyl (C=O) groups is 2. The molecule has 0 saturated heterocycles. The van der Waals surface area contributed by atoms with E-state index in [4.69, 9.17) is 19.3 Å². The molecule has 0 radical (unpaired) electrons. The van der Waals surface area contributed by atoms with Crippen molar-refractivity contribution in [3.05, 3.63) is 12.2 Å². The summed E-state index contributed by atoms with van der Waals surface area (Å²) in [4.78, 5) is 41.8. The zero-order valence-corrected chi connectivity index (χ0v) is 28.5. The first-order chi connectivity index (χ1) is 20.8. The lowest BCUT2D eigenvalue weighted by atomic mass is 10.0. The van der Waals surface area contributed by atoms with E-state index in [1.165, 1.54) is 109 Å². The van der Waals surface area contributed by atoms with Gasteiger partial charge in [0.2, 0.25) is 0 Å². The number of allylic oxidation sites excluding steroid dienone is 2. The number of ether oxygens (including phenoxy) is 2. The average molecular weight is 633 g/mol. The summed E-state index contributed by atoms with van der Waals surface area (Å²) in [5.74, 6) is -0.922. The Labute approximate surface area is 263 Å². The highest BCUT2D eigenvalue weighted by atomic mass is 31.2. The van der Waals surface area contributed by atoms with Gasteiger partial charge >= 0.3 is 19.8 Å². The third kappa shape index (κ3) is 33.5. The largest absolute Gasteiger partial charge is 0.469 e. The zero-order valence-electron chi connectivity index (χ0n) is 27.6. The average Bonchev–Trinajstić information content (AvgIpc) is 2.97. The van der Waals surface area contributed by atoms with Crippen LogP contribution in [-0.4, -0.2) is 41.0 Å². The molecule has 0 aromatic rings. The van der Waals surface area contributed by atoms with E-state index in [1.54, 1.807) is 0 Å². The summed E-state index contributed by atoms with van der Waals surface area (Å²) in [6, 6.07) is 0. The second-order valence-electron chi connectivity index (χ2n) is 11.8. The van der Waals surface area contributed by atoms with E-state index in [1.807, 2.05) is 6.92 Å². The standard InChI is InChI=1S/C34H65O8P/c1-3-5-7-8-9-10-11-12-13-14-15-16-17-18-19-20-21-22-23-24-25-26-27-29-34(36)42-32(31-41-43(37,38)39)30-40-33(35)28-6-4-2/h14-15,32H,3-13,16-31H2,1-2H3,(H2,37,38,39)/b15-14-. The predicted octanol–water partition coefficient (Wildman–Crippen LogP) is 9.90. The van der Waals surface area contributed by atoms with Crippen LogP contribution < -0.4 is 0 Å². The van der Waals surface area contributed by atoms with Crippen molar-refractivity contribution in [3.63, 3.8) is 0 Å². The van der Waals surface area contributed by atoms with E-state index in [0.29, 0.717) is 12.8 Å². The topological polar surface area (TPSA) is 119 Å². The minimum atomic E-state index is -4.72. The van der Waals surface area contributed by atoms with E-state index in [2.05, 4.69) is 23.6 Å². The highest BCUT2D eigenvalue weighted by Crippen LogP contribution is 2.35. The Morgan fingerprint density at radius 1 is 0.581 bits per heavy atom. The van der Waals surface area contributed by atoms with Crippen LogP contribution in [0.5, 0.6) is 0 Å². The lowest BCUT2D eigenvalue weighted by molar-refractivity contribution is -0.161. The molecule has 43 heavy (non-hydrogen) atoms. The summed E-state index contributed by atoms with van der Waals surface area (Å²) < 4.78 is 25.8. The first-order valence-electron chi connectivity index (χ1n) is 17.5. The maximum absolute atomic E-state index is 12.2. The Morgan fingerprint density at radius 3 is 1.47 bits per heavy atom. The molecule has 0 heterocycles. The maximum Gasteiger partial charge on any atom is 0.469 e. The molecule has 1 atom stereocenters. The molecular formula is C34H65O8P. The van der Waals surface area contributed by atoms with Crippen molar-refractivity contribution in [1.82, 2.24) is 0 Å². The summed E-state index contributed by atoms with van der Waals surface area (Å²) in [5.41, 5.74) is 0. The van der Waals surface area contributed by atoms with E-state index in [0.717, 1.165) is 25.7 Å². The fourth-order valence-electron chi connectivity index (χ4n) is 4.87. The van der Waals surface area contributed by atoms with Gasteiger partial charge in [0, 0.05) is 12.8 Å². The lowest BCUT2D eigenvalue weighted by Gasteiger charge is -2.18. The van der Waals surface area contributed by atoms with Gasteiger partial charge in [0.15, 0.2) is 6.10 Å². The van der Waals surface area contributed by atoms with Crippen molar-refractivity contribution in [1.29, 1.82) is 0 Å². The number of rotatable bonds is 32. The van der Waals surface area contributed by atoms with Gasteiger partial charge in [-0.05, 0) is 38.5 Å². The molecule has 0 aliphatic carbocycles. The fourth-order valence-corrected chi connectivity index (χ4v) is 5.24. The van der Waals surface area contributed by atoms with Crippen molar-refractivity contribution in [3.8, 4) is 0 Å². The third-order valence-corrected chi connectivity index (χ3v) is 8.02. The van der Waals surface area contributed by atoms with Crippen LogP contribution in [0.25, 0.3) is 0 Å². The Balaban J connectivity index is 3.65. The normalized spacial score (nSPS) is 12.6. The number of hydrogen-bond donors (Lipinski definition) is 2. The molecule has 1 unspecified atom stereocenters. The van der Waals surface area contributed by atoms with Crippen LogP contribution in [0.15, 0.2) is 12.2 Å². The minimum Gasteiger partial charge on any atom is -0.462 e. The molecule has 0 aliphatic rings. The van der Waals surface area contributed by atoms with Gasteiger partial charge in [0.1, 0.15) is 6.61 Å². The molecule has 254 valence electrons. The van der Waals surface area contributed by atoms with Gasteiger partial charge in [-0.2, -0.15) is 0 Å². The number of phosphoric acid groups is 1. The first-order valence-corrected chi connectivity index (χ1v) is 19.0. The van der Waals surface area contributed by atoms with Crippen molar-refractivity contribution in [2.45, 2.75) is 180 Å². The summed E-state index contributed by atoms with van der Waals surface area (Å²) in [6.45, 7) is 3.40. The van der Waals surface area contributed by atoms with Crippen molar-refractivity contribution in [2.24, 2.45) is 0 Å². The second kappa shape index (κ2) is 30.8. The molecule has 0 aliphatic heterocycles. The zero-order chi connectivity index (χ0) is 31.9. The number of esters is 2. The molecule has 0 aromatic heterocycles. The molecular weight excluding hydrogens is 567 g/mol. The van der Waals surface area contributed by atoms with Crippen LogP contribution >= 0.6 is 7.82 Å². The van der Waals surface area contributed by atoms with Gasteiger partial charge in [-0.1, -0.05) is 135 Å².